The van der Waals surface area contributed by atoms with Crippen LogP contribution >= 0.6 is 24.0 Å². The number of nitrogens with zero attached hydrogens (tertiary/aromatic N) is 3. The maximum absolute atomic E-state index is 12.0. The van der Waals surface area contributed by atoms with Crippen LogP contribution in [0.5, 0.6) is 5.75 Å². The molecule has 0 saturated carbocycles. The van der Waals surface area contributed by atoms with E-state index in [0.29, 0.717) is 18.5 Å². The summed E-state index contributed by atoms with van der Waals surface area (Å²) in [6.07, 6.45) is 2.35. The topological polar surface area (TPSA) is 78.4 Å². The maximum atomic E-state index is 12.0. The number of hydrogen-bond donors (Lipinski definition) is 2. The van der Waals surface area contributed by atoms with E-state index in [1.165, 1.54) is 0 Å². The van der Waals surface area contributed by atoms with Gasteiger partial charge in [-0.05, 0) is 44.4 Å². The van der Waals surface area contributed by atoms with Gasteiger partial charge in [0.1, 0.15) is 5.75 Å². The number of rotatable bonds is 10. The number of aliphatic imine (C=N–C) groups is 1. The summed E-state index contributed by atoms with van der Waals surface area (Å²) in [6, 6.07) is 8.20. The van der Waals surface area contributed by atoms with E-state index in [2.05, 4.69) is 29.4 Å². The smallest absolute Gasteiger partial charge is 0.241 e. The molecule has 0 radical (unpaired) electrons. The predicted molar refractivity (Wildman–Crippen MR) is 140 cm³/mol. The lowest BCUT2D eigenvalue weighted by atomic mass is 10.1. The molecule has 2 rings (SSSR count). The van der Waals surface area contributed by atoms with Crippen molar-refractivity contribution in [1.29, 1.82) is 0 Å². The second-order valence-electron chi connectivity index (χ2n) is 8.33. The van der Waals surface area contributed by atoms with Gasteiger partial charge in [0.2, 0.25) is 5.91 Å². The lowest BCUT2D eigenvalue weighted by molar-refractivity contribution is -0.127. The van der Waals surface area contributed by atoms with Crippen molar-refractivity contribution < 1.29 is 14.3 Å². The van der Waals surface area contributed by atoms with Crippen LogP contribution in [0.1, 0.15) is 32.3 Å². The van der Waals surface area contributed by atoms with Gasteiger partial charge in [0.25, 0.3) is 0 Å². The number of piperidine rings is 1. The number of likely N-dealkylation sites (N-methyl/N-ethyl adjacent to an activating group) is 1. The van der Waals surface area contributed by atoms with Crippen LogP contribution in [0.25, 0.3) is 0 Å². The molecule has 0 bridgehead atoms. The highest BCUT2D eigenvalue weighted by atomic mass is 127. The highest BCUT2D eigenvalue weighted by Gasteiger charge is 2.20. The molecular weight excluding hydrogens is 521 g/mol. The van der Waals surface area contributed by atoms with E-state index in [0.717, 1.165) is 50.4 Å². The molecule has 1 aromatic carbocycles. The van der Waals surface area contributed by atoms with E-state index >= 15 is 0 Å². The molecule has 9 heteroatoms. The quantitative estimate of drug-likeness (QED) is 0.260. The molecule has 0 aromatic heterocycles. The summed E-state index contributed by atoms with van der Waals surface area (Å²) in [7, 11) is 5.16. The number of likely N-dealkylation sites (tertiary alicyclic amines) is 1. The van der Waals surface area contributed by atoms with E-state index in [4.69, 9.17) is 14.5 Å². The van der Waals surface area contributed by atoms with Crippen LogP contribution in [0.4, 0.5) is 0 Å². The standard InChI is InChI=1S/C23H39N5O3.HI/c1-18(2)31-15-14-28-12-10-20(11-13-28)26-23(25-17-22(29)27(3)4)24-16-19-6-8-21(30-5)9-7-19;/h6-9,18,20H,10-17H2,1-5H3,(H2,24,25,26);1H. The molecule has 1 aliphatic heterocycles. The molecule has 1 heterocycles. The lowest BCUT2D eigenvalue weighted by Crippen LogP contribution is -2.50. The molecular formula is C23H40IN5O3. The Balaban J connectivity index is 0.00000512. The number of guanidine groups is 1. The van der Waals surface area contributed by atoms with Gasteiger partial charge in [-0.25, -0.2) is 4.99 Å². The zero-order valence-corrected chi connectivity index (χ0v) is 22.4. The first kappa shape index (κ1) is 28.4. The Bertz CT molecular complexity index is 689. The van der Waals surface area contributed by atoms with Gasteiger partial charge in [-0.1, -0.05) is 12.1 Å². The van der Waals surface area contributed by atoms with Gasteiger partial charge in [-0.3, -0.25) is 4.79 Å². The monoisotopic (exact) mass is 561 g/mol. The number of nitrogens with one attached hydrogen (secondary N) is 2. The Morgan fingerprint density at radius 1 is 1.22 bits per heavy atom. The minimum Gasteiger partial charge on any atom is -0.497 e. The molecule has 2 N–H and O–H groups in total. The van der Waals surface area contributed by atoms with Crippen molar-refractivity contribution in [3.05, 3.63) is 29.8 Å². The van der Waals surface area contributed by atoms with E-state index < -0.39 is 0 Å². The van der Waals surface area contributed by atoms with E-state index in [9.17, 15) is 4.79 Å². The van der Waals surface area contributed by atoms with Gasteiger partial charge in [0.05, 0.1) is 32.9 Å². The Morgan fingerprint density at radius 2 is 1.88 bits per heavy atom. The first-order valence-electron chi connectivity index (χ1n) is 11.1. The fourth-order valence-electron chi connectivity index (χ4n) is 3.28. The third kappa shape index (κ3) is 10.8. The highest BCUT2D eigenvalue weighted by Crippen LogP contribution is 2.13. The number of ether oxygens (including phenoxy) is 2. The molecule has 1 amide bonds. The molecule has 182 valence electrons. The second-order valence-corrected chi connectivity index (χ2v) is 8.33. The normalized spacial score (nSPS) is 15.2. The Kier molecular flexibility index (Phi) is 13.6. The Labute approximate surface area is 210 Å². The van der Waals surface area contributed by atoms with Crippen LogP contribution in [0.3, 0.4) is 0 Å². The first-order valence-corrected chi connectivity index (χ1v) is 11.1. The highest BCUT2D eigenvalue weighted by molar-refractivity contribution is 14.0. The molecule has 8 nitrogen and oxygen atoms in total. The zero-order chi connectivity index (χ0) is 22.6. The van der Waals surface area contributed by atoms with Gasteiger partial charge >= 0.3 is 0 Å². The molecule has 1 aromatic rings. The summed E-state index contributed by atoms with van der Waals surface area (Å²) in [5, 5.41) is 6.71. The zero-order valence-electron chi connectivity index (χ0n) is 20.1. The number of methoxy groups -OCH3 is 1. The average Bonchev–Trinajstić information content (AvgIpc) is 2.76. The maximum Gasteiger partial charge on any atom is 0.241 e. The summed E-state index contributed by atoms with van der Waals surface area (Å²) >= 11 is 0. The summed E-state index contributed by atoms with van der Waals surface area (Å²) in [5.41, 5.74) is 1.08. The Hall–Kier alpha value is -1.59. The predicted octanol–water partition coefficient (Wildman–Crippen LogP) is 2.33. The average molecular weight is 562 g/mol. The van der Waals surface area contributed by atoms with E-state index in [1.807, 2.05) is 24.3 Å². The van der Waals surface area contributed by atoms with Crippen LogP contribution in [-0.4, -0.2) is 87.8 Å². The van der Waals surface area contributed by atoms with Crippen LogP contribution < -0.4 is 15.4 Å². The van der Waals surface area contributed by atoms with Crippen LogP contribution in [0, 0.1) is 0 Å². The van der Waals surface area contributed by atoms with Crippen molar-refractivity contribution in [3.63, 3.8) is 0 Å². The van der Waals surface area contributed by atoms with Gasteiger partial charge < -0.3 is 29.9 Å². The molecule has 1 fully saturated rings. The summed E-state index contributed by atoms with van der Waals surface area (Å²) < 4.78 is 10.9. The van der Waals surface area contributed by atoms with Gasteiger partial charge in [0, 0.05) is 39.8 Å². The number of hydrogen-bond acceptors (Lipinski definition) is 5. The molecule has 0 spiro atoms. The van der Waals surface area contributed by atoms with E-state index in [-0.39, 0.29) is 42.5 Å². The van der Waals surface area contributed by atoms with Crippen molar-refractivity contribution in [2.45, 2.75) is 45.4 Å². The minimum atomic E-state index is 0. The summed E-state index contributed by atoms with van der Waals surface area (Å²) in [4.78, 5) is 20.8. The fraction of sp³-hybridized carbons (Fsp3) is 0.652. The van der Waals surface area contributed by atoms with Crippen molar-refractivity contribution in [2.75, 3.05) is 54.0 Å². The summed E-state index contributed by atoms with van der Waals surface area (Å²) in [6.45, 7) is 8.68. The molecule has 0 atom stereocenters. The van der Waals surface area contributed by atoms with E-state index in [1.54, 1.807) is 26.1 Å². The number of carbonyl (C=O) groups is 1. The van der Waals surface area contributed by atoms with Crippen molar-refractivity contribution in [2.24, 2.45) is 4.99 Å². The lowest BCUT2D eigenvalue weighted by Gasteiger charge is -2.33. The molecule has 32 heavy (non-hydrogen) atoms. The SMILES string of the molecule is COc1ccc(CN=C(NCC(=O)N(C)C)NC2CCN(CCOC(C)C)CC2)cc1.I. The van der Waals surface area contributed by atoms with Crippen molar-refractivity contribution in [1.82, 2.24) is 20.4 Å². The van der Waals surface area contributed by atoms with Gasteiger partial charge in [-0.15, -0.1) is 24.0 Å². The molecule has 1 aliphatic rings. The van der Waals surface area contributed by atoms with Crippen molar-refractivity contribution in [3.8, 4) is 5.75 Å². The molecule has 0 unspecified atom stereocenters. The third-order valence-electron chi connectivity index (χ3n) is 5.27. The molecule has 1 saturated heterocycles. The Morgan fingerprint density at radius 3 is 2.44 bits per heavy atom. The third-order valence-corrected chi connectivity index (χ3v) is 5.27. The number of carbonyl (C=O) groups excluding carboxylic acids is 1. The summed E-state index contributed by atoms with van der Waals surface area (Å²) in [5.74, 6) is 1.51. The first-order chi connectivity index (χ1) is 14.9. The fourth-order valence-corrected chi connectivity index (χ4v) is 3.28. The molecule has 0 aliphatic carbocycles. The van der Waals surface area contributed by atoms with Crippen LogP contribution in [0.15, 0.2) is 29.3 Å². The minimum absolute atomic E-state index is 0. The largest absolute Gasteiger partial charge is 0.497 e. The van der Waals surface area contributed by atoms with Crippen LogP contribution in [0.2, 0.25) is 0 Å². The van der Waals surface area contributed by atoms with Gasteiger partial charge in [-0.2, -0.15) is 0 Å². The van der Waals surface area contributed by atoms with Crippen LogP contribution in [-0.2, 0) is 16.1 Å². The van der Waals surface area contributed by atoms with Gasteiger partial charge in [0.15, 0.2) is 5.96 Å². The van der Waals surface area contributed by atoms with Crippen molar-refractivity contribution >= 4 is 35.8 Å². The number of amides is 1. The number of halogens is 1. The number of benzene rings is 1. The second kappa shape index (κ2) is 15.3.